The Morgan fingerprint density at radius 2 is 2.00 bits per heavy atom. The molecule has 1 aromatic carbocycles. The number of nitrogens with zero attached hydrogens (tertiary/aromatic N) is 3. The second-order valence-electron chi connectivity index (χ2n) is 9.80. The molecule has 2 aromatic heterocycles. The maximum absolute atomic E-state index is 13.0. The highest BCUT2D eigenvalue weighted by Crippen LogP contribution is 2.52. The Hall–Kier alpha value is -3.05. The Bertz CT molecular complexity index is 1280. The molecule has 4 rings (SSSR count). The molecule has 36 heavy (non-hydrogen) atoms. The minimum atomic E-state index is -4.56. The van der Waals surface area contributed by atoms with Crippen LogP contribution in [0.2, 0.25) is 0 Å². The molecule has 0 spiro atoms. The fraction of sp³-hybridized carbons (Fsp3) is 0.440. The Labute approximate surface area is 210 Å². The third-order valence-corrected chi connectivity index (χ3v) is 7.90. The van der Waals surface area contributed by atoms with Gasteiger partial charge in [-0.15, -0.1) is 11.3 Å². The molecular weight excluding hydrogens is 493 g/mol. The first-order valence-corrected chi connectivity index (χ1v) is 12.2. The van der Waals surface area contributed by atoms with Gasteiger partial charge in [-0.2, -0.15) is 13.2 Å². The summed E-state index contributed by atoms with van der Waals surface area (Å²) in [5, 5.41) is 13.3. The standard InChI is InChI=1S/C25H27F3N4O3S/c1-14-9-15(11-16(10-14)31-22-29-8-6-19(32-22)25(26,27)28)18-12-30-21(36-18)24(35-4)7-5-17(20(33)34)23(2,3)13-24/h6,8-12,17H,5,7,13H2,1-4H3,(H,33,34)(H,29,31,32)/t17?,24-/m1/s1. The maximum Gasteiger partial charge on any atom is 0.433 e. The van der Waals surface area contributed by atoms with Gasteiger partial charge in [0.05, 0.1) is 10.8 Å². The van der Waals surface area contributed by atoms with E-state index in [1.807, 2.05) is 26.8 Å². The molecule has 1 aliphatic carbocycles. The van der Waals surface area contributed by atoms with E-state index in [-0.39, 0.29) is 5.95 Å². The number of aryl methyl sites for hydroxylation is 1. The molecule has 1 unspecified atom stereocenters. The molecular formula is C25H27F3N4O3S. The van der Waals surface area contributed by atoms with E-state index < -0.39 is 34.8 Å². The molecule has 0 radical (unpaired) electrons. The van der Waals surface area contributed by atoms with E-state index in [4.69, 9.17) is 4.74 Å². The average Bonchev–Trinajstić information content (AvgIpc) is 3.28. The van der Waals surface area contributed by atoms with E-state index in [1.54, 1.807) is 25.4 Å². The summed E-state index contributed by atoms with van der Waals surface area (Å²) >= 11 is 1.46. The summed E-state index contributed by atoms with van der Waals surface area (Å²) < 4.78 is 45.0. The van der Waals surface area contributed by atoms with Crippen molar-refractivity contribution in [3.8, 4) is 10.4 Å². The maximum atomic E-state index is 13.0. The van der Waals surface area contributed by atoms with E-state index in [0.717, 1.165) is 33.3 Å². The topological polar surface area (TPSA) is 97.2 Å². The number of alkyl halides is 3. The van der Waals surface area contributed by atoms with Crippen molar-refractivity contribution >= 4 is 28.9 Å². The monoisotopic (exact) mass is 520 g/mol. The number of anilines is 2. The Balaban J connectivity index is 1.62. The number of rotatable bonds is 6. The zero-order valence-corrected chi connectivity index (χ0v) is 21.1. The first kappa shape index (κ1) is 26.0. The van der Waals surface area contributed by atoms with Gasteiger partial charge in [-0.05, 0) is 60.9 Å². The molecule has 1 fully saturated rings. The molecule has 2 atom stereocenters. The van der Waals surface area contributed by atoms with Gasteiger partial charge in [0.2, 0.25) is 5.95 Å². The predicted molar refractivity (Wildman–Crippen MR) is 130 cm³/mol. The van der Waals surface area contributed by atoms with Crippen molar-refractivity contribution in [2.45, 2.75) is 51.8 Å². The van der Waals surface area contributed by atoms with Gasteiger partial charge in [-0.3, -0.25) is 4.79 Å². The van der Waals surface area contributed by atoms with Crippen LogP contribution in [-0.2, 0) is 21.3 Å². The Morgan fingerprint density at radius 1 is 1.25 bits per heavy atom. The number of aromatic nitrogens is 3. The van der Waals surface area contributed by atoms with Gasteiger partial charge in [-0.25, -0.2) is 15.0 Å². The second-order valence-corrected chi connectivity index (χ2v) is 10.8. The number of aliphatic carboxylic acids is 1. The fourth-order valence-corrected chi connectivity index (χ4v) is 6.04. The van der Waals surface area contributed by atoms with Gasteiger partial charge in [0.15, 0.2) is 0 Å². The molecule has 7 nitrogen and oxygen atoms in total. The van der Waals surface area contributed by atoms with Crippen LogP contribution in [0.25, 0.3) is 10.4 Å². The number of carboxylic acid groups (broad SMARTS) is 1. The van der Waals surface area contributed by atoms with Gasteiger partial charge in [-0.1, -0.05) is 19.9 Å². The van der Waals surface area contributed by atoms with Crippen LogP contribution in [0, 0.1) is 18.3 Å². The molecule has 1 aliphatic rings. The van der Waals surface area contributed by atoms with Crippen molar-refractivity contribution in [2.75, 3.05) is 12.4 Å². The normalized spacial score (nSPS) is 21.8. The van der Waals surface area contributed by atoms with Crippen molar-refractivity contribution in [3.05, 3.63) is 52.9 Å². The van der Waals surface area contributed by atoms with Crippen LogP contribution < -0.4 is 5.32 Å². The Kier molecular flexibility index (Phi) is 6.82. The van der Waals surface area contributed by atoms with Crippen LogP contribution in [0.15, 0.2) is 36.7 Å². The number of hydrogen-bond donors (Lipinski definition) is 2. The van der Waals surface area contributed by atoms with Gasteiger partial charge >= 0.3 is 12.1 Å². The van der Waals surface area contributed by atoms with Crippen molar-refractivity contribution < 1.29 is 27.8 Å². The smallest absolute Gasteiger partial charge is 0.433 e. The molecule has 1 saturated carbocycles. The third kappa shape index (κ3) is 5.22. The largest absolute Gasteiger partial charge is 0.481 e. The lowest BCUT2D eigenvalue weighted by Gasteiger charge is -2.46. The molecule has 0 aliphatic heterocycles. The molecule has 0 bridgehead atoms. The number of carbonyl (C=O) groups is 1. The van der Waals surface area contributed by atoms with E-state index in [1.165, 1.54) is 11.3 Å². The molecule has 11 heteroatoms. The van der Waals surface area contributed by atoms with E-state index in [2.05, 4.69) is 20.3 Å². The number of halogens is 3. The van der Waals surface area contributed by atoms with Crippen LogP contribution in [0.5, 0.6) is 0 Å². The summed E-state index contributed by atoms with van der Waals surface area (Å²) in [6, 6.07) is 6.38. The van der Waals surface area contributed by atoms with Crippen LogP contribution in [-0.4, -0.2) is 33.1 Å². The number of nitrogens with one attached hydrogen (secondary N) is 1. The summed E-state index contributed by atoms with van der Waals surface area (Å²) in [5.74, 6) is -1.40. The van der Waals surface area contributed by atoms with Crippen molar-refractivity contribution in [2.24, 2.45) is 11.3 Å². The van der Waals surface area contributed by atoms with Crippen LogP contribution in [0.3, 0.4) is 0 Å². The number of ether oxygens (including phenoxy) is 1. The SMILES string of the molecule is CO[C@]1(c2ncc(-c3cc(C)cc(Nc4nccc(C(F)(F)F)n4)c3)s2)CCC(C(=O)O)C(C)(C)C1. The van der Waals surface area contributed by atoms with Crippen molar-refractivity contribution in [1.29, 1.82) is 0 Å². The minimum absolute atomic E-state index is 0.151. The predicted octanol–water partition coefficient (Wildman–Crippen LogP) is 6.42. The quantitative estimate of drug-likeness (QED) is 0.387. The molecule has 0 amide bonds. The number of hydrogen-bond acceptors (Lipinski definition) is 7. The lowest BCUT2D eigenvalue weighted by atomic mass is 9.63. The summed E-state index contributed by atoms with van der Waals surface area (Å²) in [6.07, 6.45) is -0.198. The van der Waals surface area contributed by atoms with Crippen molar-refractivity contribution in [3.63, 3.8) is 0 Å². The Morgan fingerprint density at radius 3 is 2.64 bits per heavy atom. The van der Waals surface area contributed by atoms with E-state index in [0.29, 0.717) is 24.9 Å². The first-order valence-electron chi connectivity index (χ1n) is 11.4. The molecule has 192 valence electrons. The van der Waals surface area contributed by atoms with Crippen molar-refractivity contribution in [1.82, 2.24) is 15.0 Å². The zero-order valence-electron chi connectivity index (χ0n) is 20.3. The van der Waals surface area contributed by atoms with Crippen LogP contribution >= 0.6 is 11.3 Å². The van der Waals surface area contributed by atoms with Gasteiger partial charge in [0.1, 0.15) is 16.3 Å². The molecule has 2 heterocycles. The summed E-state index contributed by atoms with van der Waals surface area (Å²) in [6.45, 7) is 5.78. The average molecular weight is 521 g/mol. The number of benzene rings is 1. The number of thiazole rings is 1. The highest BCUT2D eigenvalue weighted by Gasteiger charge is 2.50. The van der Waals surface area contributed by atoms with Crippen LogP contribution in [0.4, 0.5) is 24.8 Å². The highest BCUT2D eigenvalue weighted by molar-refractivity contribution is 7.15. The highest BCUT2D eigenvalue weighted by atomic mass is 32.1. The lowest BCUT2D eigenvalue weighted by molar-refractivity contribution is -0.156. The van der Waals surface area contributed by atoms with E-state index >= 15 is 0 Å². The zero-order chi connectivity index (χ0) is 26.3. The number of methoxy groups -OCH3 is 1. The summed E-state index contributed by atoms with van der Waals surface area (Å²) in [7, 11) is 1.63. The third-order valence-electron chi connectivity index (χ3n) is 6.67. The molecule has 0 saturated heterocycles. The van der Waals surface area contributed by atoms with Gasteiger partial charge < -0.3 is 15.2 Å². The second kappa shape index (κ2) is 9.44. The van der Waals surface area contributed by atoms with Crippen LogP contribution in [0.1, 0.15) is 49.4 Å². The lowest BCUT2D eigenvalue weighted by Crippen LogP contribution is -2.45. The minimum Gasteiger partial charge on any atom is -0.481 e. The van der Waals surface area contributed by atoms with E-state index in [9.17, 15) is 23.1 Å². The van der Waals surface area contributed by atoms with Gasteiger partial charge in [0, 0.05) is 25.2 Å². The summed E-state index contributed by atoms with van der Waals surface area (Å²) in [5.41, 5.74) is 0.0839. The summed E-state index contributed by atoms with van der Waals surface area (Å²) in [4.78, 5) is 24.7. The first-order chi connectivity index (χ1) is 16.8. The molecule has 2 N–H and O–H groups in total. The number of carboxylic acids is 1. The van der Waals surface area contributed by atoms with Gasteiger partial charge in [0.25, 0.3) is 0 Å². The fourth-order valence-electron chi connectivity index (χ4n) is 4.94. The molecule has 3 aromatic rings.